The summed E-state index contributed by atoms with van der Waals surface area (Å²) < 4.78 is 0. The van der Waals surface area contributed by atoms with Crippen molar-refractivity contribution >= 4 is 0 Å². The lowest BCUT2D eigenvalue weighted by Gasteiger charge is -2.23. The highest BCUT2D eigenvalue weighted by Gasteiger charge is 2.19. The SMILES string of the molecule is C=CCC(CC)C(O)C(C)N. The Labute approximate surface area is 69.1 Å². The zero-order chi connectivity index (χ0) is 8.85. The molecule has 3 N–H and O–H groups in total. The Morgan fingerprint density at radius 2 is 2.18 bits per heavy atom. The molecule has 0 rings (SSSR count). The van der Waals surface area contributed by atoms with Gasteiger partial charge in [-0.15, -0.1) is 6.58 Å². The molecule has 11 heavy (non-hydrogen) atoms. The number of rotatable bonds is 5. The molecular formula is C9H19NO. The van der Waals surface area contributed by atoms with Crippen molar-refractivity contribution in [3.05, 3.63) is 12.7 Å². The standard InChI is InChI=1S/C9H19NO/c1-4-6-8(5-2)9(11)7(3)10/h4,7-9,11H,1,5-6,10H2,2-3H3. The Balaban J connectivity index is 3.90. The first-order chi connectivity index (χ1) is 5.13. The number of aliphatic hydroxyl groups is 1. The molecule has 0 aromatic rings. The second-order valence-electron chi connectivity index (χ2n) is 3.04. The zero-order valence-electron chi connectivity index (χ0n) is 7.46. The molecule has 0 amide bonds. The fraction of sp³-hybridized carbons (Fsp3) is 0.778. The summed E-state index contributed by atoms with van der Waals surface area (Å²) in [6.07, 6.45) is 3.24. The van der Waals surface area contributed by atoms with Crippen molar-refractivity contribution in [2.24, 2.45) is 11.7 Å². The molecule has 0 aromatic carbocycles. The van der Waals surface area contributed by atoms with E-state index in [1.54, 1.807) is 0 Å². The Bertz CT molecular complexity index is 112. The normalized spacial score (nSPS) is 18.9. The molecule has 0 aliphatic carbocycles. The summed E-state index contributed by atoms with van der Waals surface area (Å²) in [5.74, 6) is 0.271. The van der Waals surface area contributed by atoms with Gasteiger partial charge in [0.1, 0.15) is 0 Å². The first-order valence-corrected chi connectivity index (χ1v) is 4.18. The number of nitrogens with two attached hydrogens (primary N) is 1. The minimum Gasteiger partial charge on any atom is -0.391 e. The van der Waals surface area contributed by atoms with Crippen LogP contribution in [-0.2, 0) is 0 Å². The van der Waals surface area contributed by atoms with Crippen molar-refractivity contribution in [2.45, 2.75) is 38.8 Å². The Kier molecular flexibility index (Phi) is 5.16. The van der Waals surface area contributed by atoms with E-state index in [4.69, 9.17) is 5.73 Å². The molecule has 0 bridgehead atoms. The largest absolute Gasteiger partial charge is 0.391 e. The lowest BCUT2D eigenvalue weighted by atomic mass is 9.92. The van der Waals surface area contributed by atoms with E-state index in [0.717, 1.165) is 12.8 Å². The Morgan fingerprint density at radius 1 is 1.64 bits per heavy atom. The zero-order valence-corrected chi connectivity index (χ0v) is 7.46. The van der Waals surface area contributed by atoms with Crippen LogP contribution in [0.2, 0.25) is 0 Å². The summed E-state index contributed by atoms with van der Waals surface area (Å²) in [5.41, 5.74) is 5.56. The van der Waals surface area contributed by atoms with Crippen molar-refractivity contribution in [3.8, 4) is 0 Å². The van der Waals surface area contributed by atoms with Gasteiger partial charge in [-0.3, -0.25) is 0 Å². The van der Waals surface area contributed by atoms with Crippen LogP contribution in [0.4, 0.5) is 0 Å². The summed E-state index contributed by atoms with van der Waals surface area (Å²) in [6.45, 7) is 7.52. The topological polar surface area (TPSA) is 46.2 Å². The highest BCUT2D eigenvalue weighted by Crippen LogP contribution is 2.15. The minimum absolute atomic E-state index is 0.139. The predicted molar refractivity (Wildman–Crippen MR) is 48.3 cm³/mol. The van der Waals surface area contributed by atoms with Crippen LogP contribution in [0.25, 0.3) is 0 Å². The Morgan fingerprint density at radius 3 is 2.45 bits per heavy atom. The highest BCUT2D eigenvalue weighted by atomic mass is 16.3. The summed E-state index contributed by atoms with van der Waals surface area (Å²) >= 11 is 0. The number of aliphatic hydroxyl groups excluding tert-OH is 1. The third-order valence-corrected chi connectivity index (χ3v) is 2.02. The first kappa shape index (κ1) is 10.7. The van der Waals surface area contributed by atoms with Gasteiger partial charge in [0.2, 0.25) is 0 Å². The molecular weight excluding hydrogens is 138 g/mol. The second-order valence-corrected chi connectivity index (χ2v) is 3.04. The molecule has 0 fully saturated rings. The maximum Gasteiger partial charge on any atom is 0.0719 e. The van der Waals surface area contributed by atoms with E-state index in [1.165, 1.54) is 0 Å². The molecule has 0 aromatic heterocycles. The molecule has 0 saturated heterocycles. The van der Waals surface area contributed by atoms with Gasteiger partial charge in [0.05, 0.1) is 6.10 Å². The molecule has 0 spiro atoms. The van der Waals surface area contributed by atoms with Gasteiger partial charge in [0.25, 0.3) is 0 Å². The van der Waals surface area contributed by atoms with Crippen molar-refractivity contribution in [3.63, 3.8) is 0 Å². The summed E-state index contributed by atoms with van der Waals surface area (Å²) in [6, 6.07) is -0.139. The van der Waals surface area contributed by atoms with Crippen LogP contribution in [0.15, 0.2) is 12.7 Å². The van der Waals surface area contributed by atoms with Gasteiger partial charge < -0.3 is 10.8 Å². The fourth-order valence-corrected chi connectivity index (χ4v) is 1.19. The number of hydrogen-bond acceptors (Lipinski definition) is 2. The lowest BCUT2D eigenvalue weighted by molar-refractivity contribution is 0.0863. The van der Waals surface area contributed by atoms with E-state index >= 15 is 0 Å². The molecule has 3 unspecified atom stereocenters. The van der Waals surface area contributed by atoms with E-state index in [2.05, 4.69) is 13.5 Å². The molecule has 66 valence electrons. The van der Waals surface area contributed by atoms with Crippen LogP contribution in [0.3, 0.4) is 0 Å². The average molecular weight is 157 g/mol. The smallest absolute Gasteiger partial charge is 0.0719 e. The van der Waals surface area contributed by atoms with E-state index in [1.807, 2.05) is 13.0 Å². The molecule has 0 aliphatic rings. The highest BCUT2D eigenvalue weighted by molar-refractivity contribution is 4.81. The van der Waals surface area contributed by atoms with Gasteiger partial charge in [-0.25, -0.2) is 0 Å². The maximum absolute atomic E-state index is 9.54. The molecule has 0 saturated carbocycles. The van der Waals surface area contributed by atoms with E-state index in [9.17, 15) is 5.11 Å². The third kappa shape index (κ3) is 3.54. The van der Waals surface area contributed by atoms with Gasteiger partial charge >= 0.3 is 0 Å². The Hall–Kier alpha value is -0.340. The molecule has 0 heterocycles. The van der Waals surface area contributed by atoms with Crippen LogP contribution in [0, 0.1) is 5.92 Å². The van der Waals surface area contributed by atoms with Gasteiger partial charge in [-0.05, 0) is 19.3 Å². The van der Waals surface area contributed by atoms with Crippen LogP contribution in [0.5, 0.6) is 0 Å². The van der Waals surface area contributed by atoms with Crippen LogP contribution in [-0.4, -0.2) is 17.3 Å². The molecule has 0 radical (unpaired) electrons. The average Bonchev–Trinajstić information content (AvgIpc) is 1.98. The monoisotopic (exact) mass is 157 g/mol. The summed E-state index contributed by atoms with van der Waals surface area (Å²) in [4.78, 5) is 0. The predicted octanol–water partition coefficient (Wildman–Crippen LogP) is 1.30. The van der Waals surface area contributed by atoms with Crippen molar-refractivity contribution in [2.75, 3.05) is 0 Å². The number of allylic oxidation sites excluding steroid dienone is 1. The number of hydrogen-bond donors (Lipinski definition) is 2. The van der Waals surface area contributed by atoms with Crippen molar-refractivity contribution < 1.29 is 5.11 Å². The van der Waals surface area contributed by atoms with E-state index in [-0.39, 0.29) is 12.0 Å². The molecule has 3 atom stereocenters. The van der Waals surface area contributed by atoms with E-state index in [0.29, 0.717) is 0 Å². The van der Waals surface area contributed by atoms with Crippen molar-refractivity contribution in [1.82, 2.24) is 0 Å². The lowest BCUT2D eigenvalue weighted by Crippen LogP contribution is -2.37. The van der Waals surface area contributed by atoms with Gasteiger partial charge in [-0.2, -0.15) is 0 Å². The fourth-order valence-electron chi connectivity index (χ4n) is 1.19. The molecule has 2 heteroatoms. The second kappa shape index (κ2) is 5.33. The molecule has 0 aliphatic heterocycles. The van der Waals surface area contributed by atoms with Gasteiger partial charge in [-0.1, -0.05) is 19.4 Å². The quantitative estimate of drug-likeness (QED) is 0.591. The van der Waals surface area contributed by atoms with Gasteiger partial charge in [0.15, 0.2) is 0 Å². The van der Waals surface area contributed by atoms with Crippen LogP contribution in [0.1, 0.15) is 26.7 Å². The van der Waals surface area contributed by atoms with Gasteiger partial charge in [0, 0.05) is 6.04 Å². The van der Waals surface area contributed by atoms with Crippen LogP contribution < -0.4 is 5.73 Å². The summed E-state index contributed by atoms with van der Waals surface area (Å²) in [7, 11) is 0. The minimum atomic E-state index is -0.391. The van der Waals surface area contributed by atoms with E-state index < -0.39 is 6.10 Å². The van der Waals surface area contributed by atoms with Crippen LogP contribution >= 0.6 is 0 Å². The first-order valence-electron chi connectivity index (χ1n) is 4.18. The molecule has 2 nitrogen and oxygen atoms in total. The maximum atomic E-state index is 9.54. The third-order valence-electron chi connectivity index (χ3n) is 2.02. The summed E-state index contributed by atoms with van der Waals surface area (Å²) in [5, 5.41) is 9.54. The van der Waals surface area contributed by atoms with Crippen molar-refractivity contribution in [1.29, 1.82) is 0 Å².